The zero-order valence-electron chi connectivity index (χ0n) is 15.3. The summed E-state index contributed by atoms with van der Waals surface area (Å²) in [4.78, 5) is 0. The highest BCUT2D eigenvalue weighted by molar-refractivity contribution is 7.02. The van der Waals surface area contributed by atoms with E-state index in [4.69, 9.17) is 9.85 Å². The van der Waals surface area contributed by atoms with Gasteiger partial charge in [-0.2, -0.15) is 0 Å². The monoisotopic (exact) mass is 350 g/mol. The smallest absolute Gasteiger partial charge is 0.170 e. The molecular formula is C13H38N2OSi4. The molecule has 0 aliphatic rings. The van der Waals surface area contributed by atoms with Gasteiger partial charge in [0.1, 0.15) is 0 Å². The first kappa shape index (κ1) is 20.7. The Morgan fingerprint density at radius 1 is 0.850 bits per heavy atom. The van der Waals surface area contributed by atoms with Gasteiger partial charge in [0, 0.05) is 14.7 Å². The van der Waals surface area contributed by atoms with E-state index in [0.29, 0.717) is 6.67 Å². The molecular weight excluding hydrogens is 312 g/mol. The van der Waals surface area contributed by atoms with E-state index in [1.165, 1.54) is 11.3 Å². The molecule has 0 bridgehead atoms. The molecule has 0 fully saturated rings. The largest absolute Gasteiger partial charge is 0.456 e. The van der Waals surface area contributed by atoms with E-state index >= 15 is 0 Å². The van der Waals surface area contributed by atoms with Crippen LogP contribution in [0.25, 0.3) is 0 Å². The summed E-state index contributed by atoms with van der Waals surface area (Å²) >= 11 is 0. The maximum absolute atomic E-state index is 6.58. The van der Waals surface area contributed by atoms with Crippen molar-refractivity contribution in [1.29, 1.82) is 0 Å². The second kappa shape index (κ2) is 7.34. The fourth-order valence-corrected chi connectivity index (χ4v) is 33.1. The second-order valence-corrected chi connectivity index (χ2v) is 29.8. The lowest BCUT2D eigenvalue weighted by Gasteiger charge is -2.40. The third-order valence-electron chi connectivity index (χ3n) is 3.09. The summed E-state index contributed by atoms with van der Waals surface area (Å²) in [5.74, 6) is 0. The van der Waals surface area contributed by atoms with Crippen LogP contribution in [0.4, 0.5) is 0 Å². The number of hydrogen-bond donors (Lipinski definition) is 2. The quantitative estimate of drug-likeness (QED) is 0.493. The van der Waals surface area contributed by atoms with Gasteiger partial charge in [-0.15, -0.1) is 0 Å². The summed E-state index contributed by atoms with van der Waals surface area (Å²) in [5.41, 5.74) is 8.51. The highest BCUT2D eigenvalue weighted by Gasteiger charge is 2.41. The molecule has 0 aliphatic carbocycles. The van der Waals surface area contributed by atoms with Gasteiger partial charge in [-0.05, 0) is 44.6 Å². The molecule has 7 heteroatoms. The van der Waals surface area contributed by atoms with Crippen LogP contribution in [0.3, 0.4) is 0 Å². The molecule has 3 N–H and O–H groups in total. The molecule has 0 radical (unpaired) electrons. The van der Waals surface area contributed by atoms with Crippen molar-refractivity contribution in [2.45, 2.75) is 70.3 Å². The molecule has 0 aliphatic heterocycles. The molecule has 0 saturated heterocycles. The van der Waals surface area contributed by atoms with Crippen LogP contribution in [0.1, 0.15) is 0 Å². The first-order chi connectivity index (χ1) is 8.68. The third-order valence-corrected chi connectivity index (χ3v) is 23.3. The normalized spacial score (nSPS) is 17.1. The van der Waals surface area contributed by atoms with E-state index in [2.05, 4.69) is 64.2 Å². The molecule has 0 heterocycles. The number of nitrogens with one attached hydrogen (secondary N) is 1. The Hall–Kier alpha value is 0.748. The lowest BCUT2D eigenvalue weighted by Crippen LogP contribution is -2.56. The molecule has 1 atom stereocenters. The minimum Gasteiger partial charge on any atom is -0.456 e. The van der Waals surface area contributed by atoms with Crippen LogP contribution < -0.4 is 11.1 Å². The average molecular weight is 351 g/mol. The minimum absolute atomic E-state index is 0.602. The Morgan fingerprint density at radius 2 is 1.35 bits per heavy atom. The molecule has 1 unspecified atom stereocenters. The van der Waals surface area contributed by atoms with Gasteiger partial charge in [0.05, 0.1) is 8.07 Å². The molecule has 3 nitrogen and oxygen atoms in total. The van der Waals surface area contributed by atoms with Gasteiger partial charge < -0.3 is 15.2 Å². The van der Waals surface area contributed by atoms with Gasteiger partial charge in [-0.1, -0.05) is 31.9 Å². The molecule has 0 amide bonds. The fraction of sp³-hybridized carbons (Fsp3) is 1.00. The summed E-state index contributed by atoms with van der Waals surface area (Å²) in [6.45, 7) is 22.4. The van der Waals surface area contributed by atoms with Crippen molar-refractivity contribution < 1.29 is 4.12 Å². The van der Waals surface area contributed by atoms with Gasteiger partial charge in [0.25, 0.3) is 0 Å². The summed E-state index contributed by atoms with van der Waals surface area (Å²) in [6.07, 6.45) is 1.15. The highest BCUT2D eigenvalue weighted by atomic mass is 28.5. The first-order valence-electron chi connectivity index (χ1n) is 7.79. The molecule has 0 aromatic carbocycles. The van der Waals surface area contributed by atoms with Gasteiger partial charge in [-0.3, -0.25) is 0 Å². The first-order valence-corrected chi connectivity index (χ1v) is 21.1. The zero-order valence-corrected chi connectivity index (χ0v) is 19.3. The van der Waals surface area contributed by atoms with Crippen LogP contribution in [0.2, 0.25) is 70.3 Å². The average Bonchev–Trinajstić information content (AvgIpc) is 2.05. The van der Waals surface area contributed by atoms with Gasteiger partial charge >= 0.3 is 0 Å². The maximum atomic E-state index is 6.58. The zero-order chi connectivity index (χ0) is 16.2. The summed E-state index contributed by atoms with van der Waals surface area (Å²) < 4.78 is 6.58. The van der Waals surface area contributed by atoms with Crippen molar-refractivity contribution in [3.05, 3.63) is 0 Å². The van der Waals surface area contributed by atoms with Crippen molar-refractivity contribution in [3.63, 3.8) is 0 Å². The number of hydrogen-bond acceptors (Lipinski definition) is 3. The van der Waals surface area contributed by atoms with Crippen molar-refractivity contribution >= 4 is 32.8 Å². The van der Waals surface area contributed by atoms with Gasteiger partial charge in [0.2, 0.25) is 0 Å². The van der Waals surface area contributed by atoms with Crippen LogP contribution in [-0.4, -0.2) is 45.6 Å². The van der Waals surface area contributed by atoms with Gasteiger partial charge in [0.15, 0.2) is 16.6 Å². The second-order valence-electron chi connectivity index (χ2n) is 9.33. The maximum Gasteiger partial charge on any atom is 0.170 e. The Balaban J connectivity index is 4.96. The highest BCUT2D eigenvalue weighted by Crippen LogP contribution is 2.30. The summed E-state index contributed by atoms with van der Waals surface area (Å²) in [7, 11) is -5.34. The molecule has 0 rings (SSSR count). The lowest BCUT2D eigenvalue weighted by molar-refractivity contribution is 0.555. The molecule has 0 aromatic rings. The fourth-order valence-electron chi connectivity index (χ4n) is 3.73. The Kier molecular flexibility index (Phi) is 7.62. The Labute approximate surface area is 131 Å². The topological polar surface area (TPSA) is 47.3 Å². The van der Waals surface area contributed by atoms with E-state index < -0.39 is 32.8 Å². The van der Waals surface area contributed by atoms with E-state index in [1.54, 1.807) is 0 Å². The lowest BCUT2D eigenvalue weighted by atomic mass is 11.1. The Bertz CT molecular complexity index is 300. The van der Waals surface area contributed by atoms with E-state index in [0.717, 1.165) is 6.17 Å². The van der Waals surface area contributed by atoms with Crippen molar-refractivity contribution in [3.8, 4) is 0 Å². The summed E-state index contributed by atoms with van der Waals surface area (Å²) in [5, 5.41) is 3.44. The number of rotatable bonds is 9. The molecule has 0 aromatic heterocycles. The molecule has 0 spiro atoms. The predicted molar refractivity (Wildman–Crippen MR) is 104 cm³/mol. The molecule has 20 heavy (non-hydrogen) atoms. The minimum atomic E-state index is -1.56. The van der Waals surface area contributed by atoms with Crippen LogP contribution in [-0.2, 0) is 4.12 Å². The summed E-state index contributed by atoms with van der Waals surface area (Å²) in [6, 6.07) is 0. The molecule has 122 valence electrons. The van der Waals surface area contributed by atoms with Crippen molar-refractivity contribution in [1.82, 2.24) is 5.32 Å². The van der Waals surface area contributed by atoms with E-state index in [-0.39, 0.29) is 0 Å². The third kappa shape index (κ3) is 10.5. The van der Waals surface area contributed by atoms with Gasteiger partial charge in [-0.25, -0.2) is 0 Å². The van der Waals surface area contributed by atoms with Crippen molar-refractivity contribution in [2.75, 3.05) is 12.8 Å². The standard InChI is InChI=1S/C13H38N2OSi4/c1-17(2,3)12-20(9,11-15-10-14)13-19(7,8)16-18(4,5)6/h15H,10-14H2,1-9H3. The van der Waals surface area contributed by atoms with Crippen LogP contribution in [0.15, 0.2) is 0 Å². The Morgan fingerprint density at radius 3 is 1.70 bits per heavy atom. The molecule has 0 saturated carbocycles. The van der Waals surface area contributed by atoms with E-state index in [9.17, 15) is 0 Å². The predicted octanol–water partition coefficient (Wildman–Crippen LogP) is 3.58. The SMILES string of the molecule is C[Si](C)(C)C[Si](C)(CNCN)C[Si](C)(C)O[Si](C)(C)C. The van der Waals surface area contributed by atoms with Crippen LogP contribution >= 0.6 is 0 Å². The number of nitrogens with two attached hydrogens (primary N) is 1. The van der Waals surface area contributed by atoms with Crippen LogP contribution in [0, 0.1) is 0 Å². The van der Waals surface area contributed by atoms with Crippen LogP contribution in [0.5, 0.6) is 0 Å². The van der Waals surface area contributed by atoms with E-state index in [1.807, 2.05) is 0 Å². The van der Waals surface area contributed by atoms with Crippen molar-refractivity contribution in [2.24, 2.45) is 5.73 Å².